The van der Waals surface area contributed by atoms with Gasteiger partial charge in [-0.15, -0.1) is 0 Å². The number of aryl methyl sites for hydroxylation is 2. The van der Waals surface area contributed by atoms with Gasteiger partial charge in [-0.25, -0.2) is 10.1 Å². The first-order chi connectivity index (χ1) is 13.6. The molecule has 0 amide bonds. The average Bonchev–Trinajstić information content (AvgIpc) is 3.02. The summed E-state index contributed by atoms with van der Waals surface area (Å²) in [6.45, 7) is 6.60. The van der Waals surface area contributed by atoms with E-state index in [4.69, 9.17) is 16.6 Å². The summed E-state index contributed by atoms with van der Waals surface area (Å²) < 4.78 is 2.39. The minimum atomic E-state index is -0.360. The average molecular weight is 398 g/mol. The molecule has 0 atom stereocenters. The lowest BCUT2D eigenvalue weighted by atomic mass is 10.1. The first kappa shape index (κ1) is 18.7. The molecule has 0 spiro atoms. The largest absolute Gasteiger partial charge is 0.362 e. The van der Waals surface area contributed by atoms with E-state index in [1.54, 1.807) is 6.20 Å². The van der Waals surface area contributed by atoms with Gasteiger partial charge in [0.2, 0.25) is 0 Å². The molecule has 0 saturated carbocycles. The van der Waals surface area contributed by atoms with Crippen LogP contribution in [0.1, 0.15) is 41.7 Å². The maximum Gasteiger partial charge on any atom is 0.285 e. The van der Waals surface area contributed by atoms with Crippen LogP contribution in [0.5, 0.6) is 0 Å². The second-order valence-corrected chi connectivity index (χ2v) is 7.63. The molecule has 1 N–H and O–H groups in total. The number of benzene rings is 1. The molecule has 0 aliphatic carbocycles. The molecule has 4 rings (SSSR count). The van der Waals surface area contributed by atoms with Crippen molar-refractivity contribution in [2.24, 2.45) is 0 Å². The van der Waals surface area contributed by atoms with E-state index in [9.17, 15) is 4.79 Å². The summed E-state index contributed by atoms with van der Waals surface area (Å²) in [7, 11) is 0. The molecule has 7 heteroatoms. The van der Waals surface area contributed by atoms with Crippen LogP contribution in [0.15, 0.2) is 35.3 Å². The van der Waals surface area contributed by atoms with E-state index in [1.807, 2.05) is 0 Å². The Hall–Kier alpha value is -2.60. The molecule has 0 bridgehead atoms. The predicted octanol–water partition coefficient (Wildman–Crippen LogP) is 3.49. The van der Waals surface area contributed by atoms with Crippen molar-refractivity contribution in [1.82, 2.24) is 19.7 Å². The third-order valence-corrected chi connectivity index (χ3v) is 5.74. The number of rotatable bonds is 5. The quantitative estimate of drug-likeness (QED) is 0.715. The Morgan fingerprint density at radius 1 is 1.29 bits per heavy atom. The molecule has 0 saturated heterocycles. The van der Waals surface area contributed by atoms with Crippen LogP contribution < -0.4 is 10.5 Å². The molecule has 0 radical (unpaired) electrons. The molecule has 6 nitrogen and oxygen atoms in total. The first-order valence-electron chi connectivity index (χ1n) is 9.68. The fourth-order valence-electron chi connectivity index (χ4n) is 3.86. The van der Waals surface area contributed by atoms with E-state index in [0.29, 0.717) is 12.2 Å². The molecule has 3 heterocycles. The van der Waals surface area contributed by atoms with Crippen LogP contribution in [0.2, 0.25) is 5.02 Å². The topological polar surface area (TPSA) is 66.8 Å². The Kier molecular flexibility index (Phi) is 5.22. The van der Waals surface area contributed by atoms with E-state index >= 15 is 0 Å². The molecule has 3 aromatic rings. The third-order valence-electron chi connectivity index (χ3n) is 5.37. The molecular formula is C21H24ClN5O. The van der Waals surface area contributed by atoms with Crippen molar-refractivity contribution in [1.29, 1.82) is 0 Å². The number of fused-ring (bicyclic) bond motifs is 1. The summed E-state index contributed by atoms with van der Waals surface area (Å²) in [4.78, 5) is 18.9. The summed E-state index contributed by atoms with van der Waals surface area (Å²) in [6.07, 6.45) is 4.48. The van der Waals surface area contributed by atoms with Gasteiger partial charge in [-0.1, -0.05) is 42.8 Å². The Labute approximate surface area is 169 Å². The van der Waals surface area contributed by atoms with Gasteiger partial charge in [0.25, 0.3) is 5.56 Å². The van der Waals surface area contributed by atoms with Crippen LogP contribution >= 0.6 is 11.6 Å². The van der Waals surface area contributed by atoms with Crippen molar-refractivity contribution >= 4 is 17.3 Å². The van der Waals surface area contributed by atoms with Crippen LogP contribution in [-0.2, 0) is 25.9 Å². The van der Waals surface area contributed by atoms with E-state index in [1.165, 1.54) is 16.8 Å². The number of imidazole rings is 1. The number of H-pyrrole nitrogens is 1. The first-order valence-corrected chi connectivity index (χ1v) is 10.1. The van der Waals surface area contributed by atoms with Gasteiger partial charge in [-0.05, 0) is 24.5 Å². The highest BCUT2D eigenvalue weighted by molar-refractivity contribution is 6.32. The van der Waals surface area contributed by atoms with Crippen LogP contribution in [0, 0.1) is 6.92 Å². The molecule has 0 fully saturated rings. The fraction of sp³-hybridized carbons (Fsp3) is 0.381. The van der Waals surface area contributed by atoms with Gasteiger partial charge in [0, 0.05) is 31.6 Å². The van der Waals surface area contributed by atoms with E-state index < -0.39 is 0 Å². The number of nitrogens with zero attached hydrogens (tertiary/aromatic N) is 4. The molecule has 1 aliphatic rings. The van der Waals surface area contributed by atoms with Crippen LogP contribution in [0.3, 0.4) is 0 Å². The Morgan fingerprint density at radius 3 is 2.89 bits per heavy atom. The second-order valence-electron chi connectivity index (χ2n) is 7.25. The fourth-order valence-corrected chi connectivity index (χ4v) is 4.07. The van der Waals surface area contributed by atoms with E-state index in [2.05, 4.69) is 57.8 Å². The zero-order chi connectivity index (χ0) is 19.7. The van der Waals surface area contributed by atoms with E-state index in [0.717, 1.165) is 43.9 Å². The highest BCUT2D eigenvalue weighted by Crippen LogP contribution is 2.29. The second kappa shape index (κ2) is 7.80. The van der Waals surface area contributed by atoms with Gasteiger partial charge in [-0.2, -0.15) is 5.10 Å². The maximum atomic E-state index is 11.8. The zero-order valence-corrected chi connectivity index (χ0v) is 17.0. The zero-order valence-electron chi connectivity index (χ0n) is 16.2. The molecule has 146 valence electrons. The Morgan fingerprint density at radius 2 is 2.11 bits per heavy atom. The number of halogens is 1. The summed E-state index contributed by atoms with van der Waals surface area (Å²) in [5.74, 6) is 1.13. The molecular weight excluding hydrogens is 374 g/mol. The van der Waals surface area contributed by atoms with Crippen molar-refractivity contribution < 1.29 is 0 Å². The van der Waals surface area contributed by atoms with Crippen molar-refractivity contribution in [3.05, 3.63) is 74.2 Å². The monoisotopic (exact) mass is 397 g/mol. The third kappa shape index (κ3) is 3.44. The van der Waals surface area contributed by atoms with Gasteiger partial charge in [0.1, 0.15) is 10.8 Å². The SMILES string of the molecule is CCCc1nc2c(n1Cc1ccccc1C)CCN(c1cn[nH]c(=O)c1Cl)C2. The minimum absolute atomic E-state index is 0.187. The van der Waals surface area contributed by atoms with Gasteiger partial charge in [-0.3, -0.25) is 4.79 Å². The maximum absolute atomic E-state index is 11.8. The van der Waals surface area contributed by atoms with Crippen LogP contribution in [-0.4, -0.2) is 26.3 Å². The van der Waals surface area contributed by atoms with Gasteiger partial charge in [0.15, 0.2) is 0 Å². The smallest absolute Gasteiger partial charge is 0.285 e. The van der Waals surface area contributed by atoms with Gasteiger partial charge < -0.3 is 9.47 Å². The molecule has 2 aromatic heterocycles. The van der Waals surface area contributed by atoms with Crippen LogP contribution in [0.25, 0.3) is 0 Å². The Bertz CT molecular complexity index is 1060. The van der Waals surface area contributed by atoms with Gasteiger partial charge >= 0.3 is 0 Å². The molecule has 1 aliphatic heterocycles. The summed E-state index contributed by atoms with van der Waals surface area (Å²) in [6, 6.07) is 8.51. The van der Waals surface area contributed by atoms with Crippen LogP contribution in [0.4, 0.5) is 5.69 Å². The summed E-state index contributed by atoms with van der Waals surface area (Å²) >= 11 is 6.21. The lowest BCUT2D eigenvalue weighted by Gasteiger charge is -2.29. The van der Waals surface area contributed by atoms with E-state index in [-0.39, 0.29) is 10.6 Å². The van der Waals surface area contributed by atoms with Crippen molar-refractivity contribution in [3.8, 4) is 0 Å². The summed E-state index contributed by atoms with van der Waals surface area (Å²) in [5, 5.41) is 6.47. The lowest BCUT2D eigenvalue weighted by molar-refractivity contribution is 0.640. The number of nitrogens with one attached hydrogen (secondary N) is 1. The number of aromatic nitrogens is 4. The highest BCUT2D eigenvalue weighted by Gasteiger charge is 2.26. The minimum Gasteiger partial charge on any atom is -0.362 e. The van der Waals surface area contributed by atoms with Crippen molar-refractivity contribution in [3.63, 3.8) is 0 Å². The number of aromatic amines is 1. The van der Waals surface area contributed by atoms with Crippen molar-refractivity contribution in [2.75, 3.05) is 11.4 Å². The summed E-state index contributed by atoms with van der Waals surface area (Å²) in [5.41, 5.74) is 5.29. The molecule has 1 aromatic carbocycles. The van der Waals surface area contributed by atoms with Gasteiger partial charge in [0.05, 0.1) is 24.1 Å². The highest BCUT2D eigenvalue weighted by atomic mass is 35.5. The number of anilines is 1. The molecule has 28 heavy (non-hydrogen) atoms. The number of hydrogen-bond acceptors (Lipinski definition) is 4. The normalized spacial score (nSPS) is 13.6. The van der Waals surface area contributed by atoms with Crippen molar-refractivity contribution in [2.45, 2.75) is 46.2 Å². The standard InChI is InChI=1S/C21H24ClN5O/c1-3-6-19-24-16-13-26(18-11-23-25-21(28)20(18)22)10-9-17(16)27(19)12-15-8-5-4-7-14(15)2/h4-5,7-8,11H,3,6,9-10,12-13H2,1-2H3,(H,25,28). The predicted molar refractivity (Wildman–Crippen MR) is 111 cm³/mol. The molecule has 0 unspecified atom stereocenters. The number of hydrogen-bond donors (Lipinski definition) is 1. The lowest BCUT2D eigenvalue weighted by Crippen LogP contribution is -2.32. The Balaban J connectivity index is 1.68.